The average molecular weight is 604 g/mol. The largest absolute Gasteiger partial charge is 0.497 e. The molecule has 0 aliphatic carbocycles. The predicted octanol–water partition coefficient (Wildman–Crippen LogP) is 7.10. The van der Waals surface area contributed by atoms with E-state index in [0.29, 0.717) is 34.2 Å². The Labute approximate surface area is 259 Å². The van der Waals surface area contributed by atoms with Crippen LogP contribution >= 0.6 is 11.8 Å². The normalized spacial score (nSPS) is 11.0. The second-order valence-corrected chi connectivity index (χ2v) is 10.5. The number of rotatable bonds is 11. The number of nitrogens with one attached hydrogen (secondary N) is 3. The Morgan fingerprint density at radius 1 is 0.750 bits per heavy atom. The number of anilines is 2. The molecule has 4 aromatic carbocycles. The van der Waals surface area contributed by atoms with Gasteiger partial charge in [0.25, 0.3) is 11.8 Å². The number of carbonyl (C=O) groups excluding carboxylic acids is 3. The maximum atomic E-state index is 13.4. The van der Waals surface area contributed by atoms with Gasteiger partial charge in [-0.2, -0.15) is 0 Å². The summed E-state index contributed by atoms with van der Waals surface area (Å²) in [5.74, 6) is 0.870. The third kappa shape index (κ3) is 8.27. The molecule has 220 valence electrons. The van der Waals surface area contributed by atoms with Gasteiger partial charge in [-0.25, -0.2) is 0 Å². The minimum atomic E-state index is -0.522. The Balaban J connectivity index is 1.24. The highest BCUT2D eigenvalue weighted by Crippen LogP contribution is 2.24. The van der Waals surface area contributed by atoms with Crippen LogP contribution < -0.4 is 20.7 Å². The number of hydrogen-bond acceptors (Lipinski definition) is 6. The van der Waals surface area contributed by atoms with E-state index in [0.717, 1.165) is 10.5 Å². The SMILES string of the molecule is COc1ccc(NC(=O)CSc2ccc(NC(=O)/C(=C\c3ccc(-c4ccccc4)o3)NC(=O)c3ccccc3)cc2)cc1. The third-order valence-electron chi connectivity index (χ3n) is 6.36. The molecule has 0 atom stereocenters. The summed E-state index contributed by atoms with van der Waals surface area (Å²) in [4.78, 5) is 39.5. The van der Waals surface area contributed by atoms with Crippen LogP contribution in [0.2, 0.25) is 0 Å². The van der Waals surface area contributed by atoms with Crippen molar-refractivity contribution in [1.29, 1.82) is 0 Å². The molecule has 0 radical (unpaired) electrons. The maximum absolute atomic E-state index is 13.4. The van der Waals surface area contributed by atoms with Crippen molar-refractivity contribution in [3.05, 3.63) is 138 Å². The van der Waals surface area contributed by atoms with E-state index in [1.807, 2.05) is 54.6 Å². The standard InChI is InChI=1S/C35H29N3O5S/c1-42-28-16-12-26(13-17-28)36-33(39)23-44-30-19-14-27(15-20-30)37-35(41)31(38-34(40)25-10-6-3-7-11-25)22-29-18-21-32(43-29)24-8-4-2-5-9-24/h2-22H,23H2,1H3,(H,36,39)(H,37,41)(H,38,40)/b31-22+. The van der Waals surface area contributed by atoms with Gasteiger partial charge in [-0.15, -0.1) is 11.8 Å². The third-order valence-corrected chi connectivity index (χ3v) is 7.37. The summed E-state index contributed by atoms with van der Waals surface area (Å²) < 4.78 is 11.1. The second-order valence-electron chi connectivity index (χ2n) is 9.49. The number of ether oxygens (including phenoxy) is 1. The highest BCUT2D eigenvalue weighted by Gasteiger charge is 2.16. The average Bonchev–Trinajstić information content (AvgIpc) is 3.54. The lowest BCUT2D eigenvalue weighted by Crippen LogP contribution is -2.30. The van der Waals surface area contributed by atoms with Crippen molar-refractivity contribution in [2.75, 3.05) is 23.5 Å². The molecule has 0 bridgehead atoms. The van der Waals surface area contributed by atoms with E-state index in [4.69, 9.17) is 9.15 Å². The molecule has 9 heteroatoms. The molecule has 3 N–H and O–H groups in total. The summed E-state index contributed by atoms with van der Waals surface area (Å²) in [5, 5.41) is 8.40. The molecule has 0 saturated heterocycles. The minimum Gasteiger partial charge on any atom is -0.497 e. The van der Waals surface area contributed by atoms with Gasteiger partial charge in [0.05, 0.1) is 12.9 Å². The summed E-state index contributed by atoms with van der Waals surface area (Å²) >= 11 is 1.37. The van der Waals surface area contributed by atoms with Gasteiger partial charge in [0.15, 0.2) is 0 Å². The van der Waals surface area contributed by atoms with Crippen LogP contribution in [0.15, 0.2) is 136 Å². The van der Waals surface area contributed by atoms with E-state index in [-0.39, 0.29) is 17.4 Å². The van der Waals surface area contributed by atoms with Crippen LogP contribution in [0.3, 0.4) is 0 Å². The Morgan fingerprint density at radius 3 is 2.07 bits per heavy atom. The molecule has 1 aromatic heterocycles. The number of hydrogen-bond donors (Lipinski definition) is 3. The van der Waals surface area contributed by atoms with E-state index < -0.39 is 11.8 Å². The van der Waals surface area contributed by atoms with Gasteiger partial charge in [0.2, 0.25) is 5.91 Å². The molecule has 5 rings (SSSR count). The molecule has 0 saturated carbocycles. The number of thioether (sulfide) groups is 1. The molecule has 0 unspecified atom stereocenters. The first-order chi connectivity index (χ1) is 21.5. The molecule has 0 aliphatic rings. The maximum Gasteiger partial charge on any atom is 0.272 e. The summed E-state index contributed by atoms with van der Waals surface area (Å²) in [6, 6.07) is 36.0. The van der Waals surface area contributed by atoms with Crippen LogP contribution in [0, 0.1) is 0 Å². The molecule has 1 heterocycles. The molecular weight excluding hydrogens is 574 g/mol. The van der Waals surface area contributed by atoms with Crippen molar-refractivity contribution in [3.8, 4) is 17.1 Å². The number of methoxy groups -OCH3 is 1. The topological polar surface area (TPSA) is 110 Å². The van der Waals surface area contributed by atoms with Gasteiger partial charge < -0.3 is 25.1 Å². The summed E-state index contributed by atoms with van der Waals surface area (Å²) in [7, 11) is 1.59. The molecule has 5 aromatic rings. The van der Waals surface area contributed by atoms with Crippen molar-refractivity contribution in [1.82, 2.24) is 5.32 Å². The smallest absolute Gasteiger partial charge is 0.272 e. The van der Waals surface area contributed by atoms with Crippen LogP contribution in [0.4, 0.5) is 11.4 Å². The number of benzene rings is 4. The number of carbonyl (C=O) groups is 3. The van der Waals surface area contributed by atoms with Gasteiger partial charge in [0.1, 0.15) is 23.0 Å². The number of amides is 3. The van der Waals surface area contributed by atoms with Crippen molar-refractivity contribution in [2.24, 2.45) is 0 Å². The highest BCUT2D eigenvalue weighted by molar-refractivity contribution is 8.00. The van der Waals surface area contributed by atoms with Gasteiger partial charge in [-0.1, -0.05) is 48.5 Å². The fourth-order valence-corrected chi connectivity index (χ4v) is 4.82. The summed E-state index contributed by atoms with van der Waals surface area (Å²) in [6.45, 7) is 0. The zero-order chi connectivity index (χ0) is 30.7. The van der Waals surface area contributed by atoms with Gasteiger partial charge in [-0.3, -0.25) is 14.4 Å². The number of furan rings is 1. The van der Waals surface area contributed by atoms with Crippen LogP contribution in [-0.2, 0) is 9.59 Å². The Hall–Kier alpha value is -5.54. The van der Waals surface area contributed by atoms with E-state index in [1.165, 1.54) is 17.8 Å². The quantitative estimate of drug-likeness (QED) is 0.110. The van der Waals surface area contributed by atoms with Crippen LogP contribution in [-0.4, -0.2) is 30.6 Å². The minimum absolute atomic E-state index is 0.0152. The van der Waals surface area contributed by atoms with E-state index in [9.17, 15) is 14.4 Å². The van der Waals surface area contributed by atoms with Crippen molar-refractivity contribution >= 4 is 46.9 Å². The first-order valence-corrected chi connectivity index (χ1v) is 14.7. The van der Waals surface area contributed by atoms with Crippen LogP contribution in [0.5, 0.6) is 5.75 Å². The Bertz CT molecular complexity index is 1750. The molecule has 3 amide bonds. The molecular formula is C35H29N3O5S. The molecule has 0 spiro atoms. The van der Waals surface area contributed by atoms with Crippen molar-refractivity contribution in [2.45, 2.75) is 4.90 Å². The van der Waals surface area contributed by atoms with Gasteiger partial charge >= 0.3 is 0 Å². The second kappa shape index (κ2) is 14.6. The van der Waals surface area contributed by atoms with E-state index in [2.05, 4.69) is 16.0 Å². The monoisotopic (exact) mass is 603 g/mol. The fourth-order valence-electron chi connectivity index (χ4n) is 4.13. The zero-order valence-electron chi connectivity index (χ0n) is 23.8. The van der Waals surface area contributed by atoms with Crippen LogP contribution in [0.1, 0.15) is 16.1 Å². The molecule has 0 aliphatic heterocycles. The summed E-state index contributed by atoms with van der Waals surface area (Å²) in [6.07, 6.45) is 1.49. The van der Waals surface area contributed by atoms with E-state index in [1.54, 1.807) is 73.8 Å². The lowest BCUT2D eigenvalue weighted by atomic mass is 10.2. The lowest BCUT2D eigenvalue weighted by molar-refractivity contribution is -0.114. The first kappa shape index (κ1) is 29.9. The zero-order valence-corrected chi connectivity index (χ0v) is 24.6. The lowest BCUT2D eigenvalue weighted by Gasteiger charge is -2.11. The van der Waals surface area contributed by atoms with Crippen molar-refractivity contribution in [3.63, 3.8) is 0 Å². The summed E-state index contributed by atoms with van der Waals surface area (Å²) in [5.41, 5.74) is 2.52. The molecule has 8 nitrogen and oxygen atoms in total. The highest BCUT2D eigenvalue weighted by atomic mass is 32.2. The first-order valence-electron chi connectivity index (χ1n) is 13.7. The van der Waals surface area contributed by atoms with Gasteiger partial charge in [-0.05, 0) is 72.8 Å². The Morgan fingerprint density at radius 2 is 1.39 bits per heavy atom. The van der Waals surface area contributed by atoms with E-state index >= 15 is 0 Å². The fraction of sp³-hybridized carbons (Fsp3) is 0.0571. The predicted molar refractivity (Wildman–Crippen MR) is 173 cm³/mol. The van der Waals surface area contributed by atoms with Gasteiger partial charge in [0, 0.05) is 33.5 Å². The Kier molecular flexibility index (Phi) is 9.91. The van der Waals surface area contributed by atoms with Crippen LogP contribution in [0.25, 0.3) is 17.4 Å². The molecule has 0 fully saturated rings. The van der Waals surface area contributed by atoms with Crippen molar-refractivity contribution < 1.29 is 23.5 Å². The molecule has 44 heavy (non-hydrogen) atoms.